The van der Waals surface area contributed by atoms with Crippen LogP contribution in [0, 0.1) is 0 Å². The van der Waals surface area contributed by atoms with Crippen molar-refractivity contribution in [3.8, 4) is 5.75 Å². The van der Waals surface area contributed by atoms with Gasteiger partial charge in [-0.15, -0.1) is 0 Å². The van der Waals surface area contributed by atoms with E-state index in [-0.39, 0.29) is 31.1 Å². The lowest BCUT2D eigenvalue weighted by Gasteiger charge is -2.30. The van der Waals surface area contributed by atoms with E-state index < -0.39 is 49.2 Å². The van der Waals surface area contributed by atoms with Crippen LogP contribution in [0.25, 0.3) is 0 Å². The number of halogens is 1. The number of ether oxygens (including phenoxy) is 4. The zero-order chi connectivity index (χ0) is 27.7. The molecule has 2 aliphatic rings. The first kappa shape index (κ1) is 28.5. The monoisotopic (exact) mass is 572 g/mol. The third kappa shape index (κ3) is 6.20. The van der Waals surface area contributed by atoms with E-state index >= 15 is 0 Å². The molecule has 2 fully saturated rings. The number of esters is 1. The fraction of sp³-hybridized carbons (Fsp3) is 0.522. The van der Waals surface area contributed by atoms with Gasteiger partial charge < -0.3 is 29.2 Å². The number of benzene rings is 1. The van der Waals surface area contributed by atoms with E-state index in [1.165, 1.54) is 36.1 Å². The number of fused-ring (bicyclic) bond motifs is 1. The van der Waals surface area contributed by atoms with Crippen molar-refractivity contribution in [2.45, 2.75) is 57.0 Å². The van der Waals surface area contributed by atoms with Gasteiger partial charge in [-0.3, -0.25) is 13.9 Å². The number of nitrogens with two attached hydrogens (primary N) is 1. The van der Waals surface area contributed by atoms with Gasteiger partial charge in [0.2, 0.25) is 0 Å². The molecule has 0 bridgehead atoms. The molecule has 0 saturated carbocycles. The minimum Gasteiger partial charge on any atom is -0.469 e. The van der Waals surface area contributed by atoms with Gasteiger partial charge in [0.25, 0.3) is 0 Å². The first-order valence-electron chi connectivity index (χ1n) is 11.7. The fourth-order valence-corrected chi connectivity index (χ4v) is 5.88. The summed E-state index contributed by atoms with van der Waals surface area (Å²) in [6, 6.07) is 7.64. The topological polar surface area (TPSA) is 162 Å². The van der Waals surface area contributed by atoms with Gasteiger partial charge in [0, 0.05) is 17.8 Å². The number of nitrogens with zero attached hydrogens (tertiary/aromatic N) is 2. The van der Waals surface area contributed by atoms with Crippen LogP contribution >= 0.6 is 19.3 Å². The zero-order valence-electron chi connectivity index (χ0n) is 21.3. The minimum atomic E-state index is -4.05. The van der Waals surface area contributed by atoms with Crippen LogP contribution in [0.3, 0.4) is 0 Å². The molecule has 2 aromatic rings. The van der Waals surface area contributed by atoms with E-state index in [9.17, 15) is 14.2 Å². The number of nitrogens with one attached hydrogen (secondary N) is 1. The Morgan fingerprint density at radius 2 is 1.97 bits per heavy atom. The lowest BCUT2D eigenvalue weighted by Crippen LogP contribution is -2.44. The number of carbonyl (C=O) groups is 1. The number of rotatable bonds is 10. The van der Waals surface area contributed by atoms with Gasteiger partial charge in [-0.25, -0.2) is 14.4 Å². The van der Waals surface area contributed by atoms with Crippen LogP contribution in [-0.2, 0) is 32.8 Å². The van der Waals surface area contributed by atoms with Gasteiger partial charge in [-0.2, -0.15) is 4.98 Å². The summed E-state index contributed by atoms with van der Waals surface area (Å²) >= 11 is 5.94. The van der Waals surface area contributed by atoms with Gasteiger partial charge in [0.05, 0.1) is 20.1 Å². The summed E-state index contributed by atoms with van der Waals surface area (Å²) in [6.45, 7) is 4.89. The predicted octanol–water partition coefficient (Wildman–Crippen LogP) is 2.64. The smallest absolute Gasteiger partial charge is 0.458 e. The molecule has 15 heteroatoms. The third-order valence-corrected chi connectivity index (χ3v) is 7.79. The lowest BCUT2D eigenvalue weighted by atomic mass is 9.96. The molecule has 1 aromatic heterocycles. The molecule has 1 unspecified atom stereocenters. The quantitative estimate of drug-likeness (QED) is 0.316. The lowest BCUT2D eigenvalue weighted by molar-refractivity contribution is -0.217. The van der Waals surface area contributed by atoms with Crippen molar-refractivity contribution in [2.24, 2.45) is 0 Å². The Hall–Kier alpha value is -2.51. The molecule has 0 spiro atoms. The van der Waals surface area contributed by atoms with E-state index in [0.717, 1.165) is 0 Å². The summed E-state index contributed by atoms with van der Waals surface area (Å²) in [5.74, 6) is -1.23. The van der Waals surface area contributed by atoms with Crippen molar-refractivity contribution in [1.82, 2.24) is 14.6 Å². The normalized spacial score (nSPS) is 27.4. The summed E-state index contributed by atoms with van der Waals surface area (Å²) in [5, 5.41) is 3.13. The Morgan fingerprint density at radius 3 is 2.63 bits per heavy atom. The Kier molecular flexibility index (Phi) is 8.20. The van der Waals surface area contributed by atoms with Crippen LogP contribution in [0.1, 0.15) is 33.4 Å². The Balaban J connectivity index is 1.56. The minimum absolute atomic E-state index is 0.0496. The van der Waals surface area contributed by atoms with Crippen molar-refractivity contribution >= 4 is 31.1 Å². The Bertz CT molecular complexity index is 1270. The molecule has 0 amide bonds. The maximum atomic E-state index is 13.7. The second-order valence-electron chi connectivity index (χ2n) is 9.37. The first-order chi connectivity index (χ1) is 17.8. The maximum Gasteiger partial charge on any atom is 0.458 e. The van der Waals surface area contributed by atoms with E-state index in [1.807, 2.05) is 0 Å². The van der Waals surface area contributed by atoms with Gasteiger partial charge in [0.1, 0.15) is 29.4 Å². The molecule has 2 aliphatic heterocycles. The fourth-order valence-electron chi connectivity index (χ4n) is 4.42. The average Bonchev–Trinajstić information content (AvgIpc) is 3.24. The number of carbonyl (C=O) groups excluding carboxylic acids is 1. The molecule has 4 rings (SSSR count). The molecule has 2 saturated heterocycles. The van der Waals surface area contributed by atoms with Crippen molar-refractivity contribution in [1.29, 1.82) is 0 Å². The van der Waals surface area contributed by atoms with Crippen LogP contribution in [0.2, 0.25) is 5.02 Å². The van der Waals surface area contributed by atoms with E-state index in [1.54, 1.807) is 32.9 Å². The highest BCUT2D eigenvalue weighted by Crippen LogP contribution is 2.52. The van der Waals surface area contributed by atoms with E-state index in [0.29, 0.717) is 5.02 Å². The molecule has 13 nitrogen and oxygen atoms in total. The standard InChI is InChI=1S/C23H30ClN4O9P/c1-22(2)35-19-16(34-20(23(19,3)37-22)28-12-10-17(25)27-21(28)30)13-33-38(31,26-11-9-18(29)32-4)36-15-7-5-14(24)6-8-15/h5-8,10,12,16,19-20H,9,11,13H2,1-4H3,(H,26,31)(H2,25,27,30)/t16-,19-,20-,23-,38?/m1/s1. The van der Waals surface area contributed by atoms with Crippen molar-refractivity contribution < 1.29 is 37.4 Å². The van der Waals surface area contributed by atoms with Gasteiger partial charge >= 0.3 is 19.4 Å². The van der Waals surface area contributed by atoms with Crippen molar-refractivity contribution in [2.75, 3.05) is 26.0 Å². The molecular formula is C23H30ClN4O9P. The van der Waals surface area contributed by atoms with E-state index in [4.69, 9.17) is 40.6 Å². The highest BCUT2D eigenvalue weighted by molar-refractivity contribution is 7.52. The number of nitrogen functional groups attached to an aromatic ring is 1. The molecule has 3 heterocycles. The molecule has 0 aliphatic carbocycles. The van der Waals surface area contributed by atoms with Crippen molar-refractivity contribution in [3.05, 3.63) is 52.0 Å². The Labute approximate surface area is 224 Å². The highest BCUT2D eigenvalue weighted by atomic mass is 35.5. The molecule has 5 atom stereocenters. The summed E-state index contributed by atoms with van der Waals surface area (Å²) in [6.07, 6.45) is -1.12. The van der Waals surface area contributed by atoms with Crippen LogP contribution in [-0.4, -0.2) is 59.4 Å². The predicted molar refractivity (Wildman–Crippen MR) is 136 cm³/mol. The Morgan fingerprint density at radius 1 is 1.26 bits per heavy atom. The van der Waals surface area contributed by atoms with Crippen LogP contribution < -0.4 is 21.0 Å². The molecule has 3 N–H and O–H groups in total. The SMILES string of the molecule is COC(=O)CCNP(=O)(OC[C@H]1O[C@@H](n2ccc(N)nc2=O)[C@]2(C)OC(C)(C)O[C@H]12)Oc1ccc(Cl)cc1. The second-order valence-corrected chi connectivity index (χ2v) is 11.6. The molecule has 208 valence electrons. The summed E-state index contributed by atoms with van der Waals surface area (Å²) in [4.78, 5) is 27.9. The molecule has 38 heavy (non-hydrogen) atoms. The number of hydrogen-bond donors (Lipinski definition) is 2. The zero-order valence-corrected chi connectivity index (χ0v) is 22.9. The summed E-state index contributed by atoms with van der Waals surface area (Å²) in [5.41, 5.74) is 3.88. The highest BCUT2D eigenvalue weighted by Gasteiger charge is 2.64. The van der Waals surface area contributed by atoms with Gasteiger partial charge in [-0.1, -0.05) is 11.6 Å². The van der Waals surface area contributed by atoms with Gasteiger partial charge in [0.15, 0.2) is 12.0 Å². The first-order valence-corrected chi connectivity index (χ1v) is 13.7. The van der Waals surface area contributed by atoms with Crippen LogP contribution in [0.5, 0.6) is 5.75 Å². The number of anilines is 1. The summed E-state index contributed by atoms with van der Waals surface area (Å²) < 4.78 is 49.5. The number of aromatic nitrogens is 2. The average molecular weight is 573 g/mol. The molecular weight excluding hydrogens is 543 g/mol. The van der Waals surface area contributed by atoms with Crippen LogP contribution in [0.15, 0.2) is 41.3 Å². The van der Waals surface area contributed by atoms with Crippen molar-refractivity contribution in [3.63, 3.8) is 0 Å². The van der Waals surface area contributed by atoms with Gasteiger partial charge in [-0.05, 0) is 51.1 Å². The second kappa shape index (κ2) is 10.9. The number of methoxy groups -OCH3 is 1. The third-order valence-electron chi connectivity index (χ3n) is 5.99. The largest absolute Gasteiger partial charge is 0.469 e. The number of hydrogen-bond acceptors (Lipinski definition) is 11. The van der Waals surface area contributed by atoms with Crippen LogP contribution in [0.4, 0.5) is 5.82 Å². The molecule has 1 aromatic carbocycles. The molecule has 0 radical (unpaired) electrons. The van der Waals surface area contributed by atoms with E-state index in [2.05, 4.69) is 14.8 Å². The maximum absolute atomic E-state index is 13.7. The summed E-state index contributed by atoms with van der Waals surface area (Å²) in [7, 11) is -2.80.